The normalized spacial score (nSPS) is 12.1. The summed E-state index contributed by atoms with van der Waals surface area (Å²) in [7, 11) is -2.55. The quantitative estimate of drug-likeness (QED) is 0.339. The highest BCUT2D eigenvalue weighted by Crippen LogP contribution is 2.28. The van der Waals surface area contributed by atoms with Gasteiger partial charge >= 0.3 is 0 Å². The molecule has 3 aromatic rings. The van der Waals surface area contributed by atoms with Gasteiger partial charge in [-0.25, -0.2) is 8.42 Å². The molecule has 0 radical (unpaired) electrons. The molecular formula is C31H39N3O5S. The van der Waals surface area contributed by atoms with E-state index >= 15 is 0 Å². The van der Waals surface area contributed by atoms with Crippen molar-refractivity contribution in [3.05, 3.63) is 89.5 Å². The van der Waals surface area contributed by atoms with Crippen molar-refractivity contribution in [2.75, 3.05) is 18.0 Å². The van der Waals surface area contributed by atoms with Crippen LogP contribution in [0, 0.1) is 13.8 Å². The predicted molar refractivity (Wildman–Crippen MR) is 158 cm³/mol. The summed E-state index contributed by atoms with van der Waals surface area (Å²) in [6.45, 7) is 8.91. The van der Waals surface area contributed by atoms with Gasteiger partial charge in [0.05, 0.1) is 17.7 Å². The number of carbonyl (C=O) groups is 2. The van der Waals surface area contributed by atoms with Crippen molar-refractivity contribution in [2.24, 2.45) is 0 Å². The molecule has 40 heavy (non-hydrogen) atoms. The molecule has 0 saturated heterocycles. The maximum atomic E-state index is 14.1. The Bertz CT molecular complexity index is 1420. The lowest BCUT2D eigenvalue weighted by Gasteiger charge is -2.34. The van der Waals surface area contributed by atoms with Crippen LogP contribution in [0.4, 0.5) is 5.69 Å². The number of benzene rings is 3. The largest absolute Gasteiger partial charge is 0.497 e. The Morgan fingerprint density at radius 3 is 2.25 bits per heavy atom. The number of hydrogen-bond donors (Lipinski definition) is 1. The van der Waals surface area contributed by atoms with Crippen molar-refractivity contribution in [1.82, 2.24) is 10.2 Å². The fraction of sp³-hybridized carbons (Fsp3) is 0.355. The van der Waals surface area contributed by atoms with Crippen molar-refractivity contribution >= 4 is 27.5 Å². The molecule has 8 nitrogen and oxygen atoms in total. The van der Waals surface area contributed by atoms with E-state index in [1.807, 2.05) is 58.9 Å². The molecule has 1 atom stereocenters. The van der Waals surface area contributed by atoms with Crippen LogP contribution in [0.2, 0.25) is 0 Å². The summed E-state index contributed by atoms with van der Waals surface area (Å²) in [5.41, 5.74) is 2.85. The topological polar surface area (TPSA) is 96.0 Å². The second-order valence-electron chi connectivity index (χ2n) is 10.1. The molecule has 0 bridgehead atoms. The summed E-state index contributed by atoms with van der Waals surface area (Å²) in [5, 5.41) is 2.90. The third-order valence-corrected chi connectivity index (χ3v) is 8.31. The average Bonchev–Trinajstić information content (AvgIpc) is 2.92. The lowest BCUT2D eigenvalue weighted by Crippen LogP contribution is -2.53. The summed E-state index contributed by atoms with van der Waals surface area (Å²) in [5.74, 6) is -0.168. The first-order valence-corrected chi connectivity index (χ1v) is 14.8. The van der Waals surface area contributed by atoms with E-state index in [0.717, 1.165) is 21.0 Å². The van der Waals surface area contributed by atoms with Crippen LogP contribution >= 0.6 is 0 Å². The Morgan fingerprint density at radius 2 is 1.65 bits per heavy atom. The van der Waals surface area contributed by atoms with Gasteiger partial charge in [0.1, 0.15) is 18.3 Å². The molecule has 2 amide bonds. The number of hydrogen-bond acceptors (Lipinski definition) is 5. The maximum absolute atomic E-state index is 14.1. The predicted octanol–water partition coefficient (Wildman–Crippen LogP) is 4.84. The van der Waals surface area contributed by atoms with Crippen LogP contribution in [0.15, 0.2) is 77.7 Å². The second-order valence-corrected chi connectivity index (χ2v) is 11.9. The van der Waals surface area contributed by atoms with E-state index < -0.39 is 28.5 Å². The van der Waals surface area contributed by atoms with Crippen LogP contribution in [0.1, 0.15) is 43.9 Å². The van der Waals surface area contributed by atoms with Gasteiger partial charge in [-0.05, 0) is 75.6 Å². The van der Waals surface area contributed by atoms with Gasteiger partial charge in [-0.15, -0.1) is 0 Å². The highest BCUT2D eigenvalue weighted by molar-refractivity contribution is 7.92. The highest BCUT2D eigenvalue weighted by atomic mass is 32.2. The van der Waals surface area contributed by atoms with Crippen molar-refractivity contribution in [3.8, 4) is 5.75 Å². The lowest BCUT2D eigenvalue weighted by molar-refractivity contribution is -0.140. The molecule has 3 rings (SSSR count). The van der Waals surface area contributed by atoms with Crippen LogP contribution in [0.25, 0.3) is 0 Å². The lowest BCUT2D eigenvalue weighted by atomic mass is 10.1. The zero-order valence-electron chi connectivity index (χ0n) is 24.0. The number of aryl methyl sites for hydroxylation is 2. The molecule has 9 heteroatoms. The van der Waals surface area contributed by atoms with E-state index in [9.17, 15) is 18.0 Å². The minimum atomic E-state index is -4.11. The Hall–Kier alpha value is -3.85. The van der Waals surface area contributed by atoms with Crippen molar-refractivity contribution in [3.63, 3.8) is 0 Å². The fourth-order valence-electron chi connectivity index (χ4n) is 4.59. The summed E-state index contributed by atoms with van der Waals surface area (Å²) < 4.78 is 34.4. The van der Waals surface area contributed by atoms with E-state index in [-0.39, 0.29) is 23.4 Å². The molecule has 0 aromatic heterocycles. The summed E-state index contributed by atoms with van der Waals surface area (Å²) >= 11 is 0. The van der Waals surface area contributed by atoms with Crippen molar-refractivity contribution in [2.45, 2.75) is 64.6 Å². The number of anilines is 1. The van der Waals surface area contributed by atoms with Gasteiger partial charge in [-0.3, -0.25) is 13.9 Å². The van der Waals surface area contributed by atoms with Gasteiger partial charge in [-0.1, -0.05) is 55.0 Å². The molecular weight excluding hydrogens is 526 g/mol. The van der Waals surface area contributed by atoms with E-state index in [1.54, 1.807) is 43.5 Å². The van der Waals surface area contributed by atoms with Crippen LogP contribution in [-0.4, -0.2) is 50.9 Å². The Labute approximate surface area is 238 Å². The number of ether oxygens (including phenoxy) is 1. The Kier molecular flexibility index (Phi) is 10.3. The zero-order chi connectivity index (χ0) is 29.4. The van der Waals surface area contributed by atoms with Gasteiger partial charge in [0.2, 0.25) is 11.8 Å². The number of carbonyl (C=O) groups excluding carboxylic acids is 2. The van der Waals surface area contributed by atoms with Gasteiger partial charge in [0.25, 0.3) is 10.0 Å². The first kappa shape index (κ1) is 30.7. The summed E-state index contributed by atoms with van der Waals surface area (Å²) in [4.78, 5) is 28.9. The number of nitrogens with zero attached hydrogens (tertiary/aromatic N) is 2. The molecule has 0 saturated carbocycles. The number of amides is 2. The molecule has 214 valence electrons. The zero-order valence-corrected chi connectivity index (χ0v) is 24.9. The minimum absolute atomic E-state index is 0.0757. The minimum Gasteiger partial charge on any atom is -0.497 e. The standard InChI is InChI=1S/C31H39N3O5S/c1-7-28(31(36)32-22(2)3)33(20-25-12-11-13-26(19-25)39-6)30(35)21-34(29-17-16-23(4)18-24(29)5)40(37,38)27-14-9-8-10-15-27/h8-19,22,28H,7,20-21H2,1-6H3,(H,32,36)/t28-/m0/s1. The number of rotatable bonds is 12. The van der Waals surface area contributed by atoms with Crippen LogP contribution < -0.4 is 14.4 Å². The van der Waals surface area contributed by atoms with Crippen LogP contribution in [0.5, 0.6) is 5.75 Å². The molecule has 0 spiro atoms. The van der Waals surface area contributed by atoms with E-state index in [0.29, 0.717) is 17.9 Å². The molecule has 0 heterocycles. The third-order valence-electron chi connectivity index (χ3n) is 6.53. The smallest absolute Gasteiger partial charge is 0.264 e. The molecule has 0 aliphatic carbocycles. The van der Waals surface area contributed by atoms with E-state index in [1.165, 1.54) is 17.0 Å². The molecule has 3 aromatic carbocycles. The molecule has 1 N–H and O–H groups in total. The highest BCUT2D eigenvalue weighted by Gasteiger charge is 2.34. The van der Waals surface area contributed by atoms with Crippen LogP contribution in [0.3, 0.4) is 0 Å². The van der Waals surface area contributed by atoms with Gasteiger partial charge < -0.3 is 15.0 Å². The van der Waals surface area contributed by atoms with Crippen molar-refractivity contribution in [1.29, 1.82) is 0 Å². The first-order valence-electron chi connectivity index (χ1n) is 13.4. The van der Waals surface area contributed by atoms with E-state index in [2.05, 4.69) is 5.32 Å². The fourth-order valence-corrected chi connectivity index (χ4v) is 6.09. The maximum Gasteiger partial charge on any atom is 0.264 e. The SMILES string of the molecule is CC[C@@H](C(=O)NC(C)C)N(Cc1cccc(OC)c1)C(=O)CN(c1ccc(C)cc1C)S(=O)(=O)c1ccccc1. The van der Waals surface area contributed by atoms with Gasteiger partial charge in [0.15, 0.2) is 0 Å². The average molecular weight is 566 g/mol. The Balaban J connectivity index is 2.09. The van der Waals surface area contributed by atoms with Gasteiger partial charge in [0, 0.05) is 12.6 Å². The van der Waals surface area contributed by atoms with Crippen LogP contribution in [-0.2, 0) is 26.2 Å². The number of sulfonamides is 1. The van der Waals surface area contributed by atoms with Gasteiger partial charge in [-0.2, -0.15) is 0 Å². The third kappa shape index (κ3) is 7.41. The summed E-state index contributed by atoms with van der Waals surface area (Å²) in [6.07, 6.45) is 0.350. The molecule has 0 fully saturated rings. The Morgan fingerprint density at radius 1 is 0.950 bits per heavy atom. The monoisotopic (exact) mass is 565 g/mol. The van der Waals surface area contributed by atoms with Crippen molar-refractivity contribution < 1.29 is 22.7 Å². The van der Waals surface area contributed by atoms with E-state index in [4.69, 9.17) is 4.74 Å². The summed E-state index contributed by atoms with van der Waals surface area (Å²) in [6, 6.07) is 19.8. The first-order chi connectivity index (χ1) is 19.0. The number of methoxy groups -OCH3 is 1. The number of nitrogens with one attached hydrogen (secondary N) is 1. The molecule has 0 unspecified atom stereocenters. The second kappa shape index (κ2) is 13.5. The molecule has 0 aliphatic heterocycles. The molecule has 0 aliphatic rings.